The summed E-state index contributed by atoms with van der Waals surface area (Å²) >= 11 is 3.57. The van der Waals surface area contributed by atoms with E-state index in [1.807, 2.05) is 0 Å². The molecule has 1 aliphatic rings. The zero-order valence-corrected chi connectivity index (χ0v) is 9.00. The van der Waals surface area contributed by atoms with E-state index >= 15 is 0 Å². The number of hydrogen-bond donors (Lipinski definition) is 1. The van der Waals surface area contributed by atoms with Crippen LogP contribution in [0.1, 0.15) is 0 Å². The van der Waals surface area contributed by atoms with E-state index in [9.17, 15) is 0 Å². The number of rotatable bonds is 1. The van der Waals surface area contributed by atoms with Crippen molar-refractivity contribution in [3.05, 3.63) is 30.3 Å². The molecule has 0 aliphatic carbocycles. The average Bonchev–Trinajstić information content (AvgIpc) is 2.19. The first-order chi connectivity index (χ1) is 6.36. The van der Waals surface area contributed by atoms with E-state index in [4.69, 9.17) is 0 Å². The van der Waals surface area contributed by atoms with Gasteiger partial charge >= 0.3 is 0 Å². The maximum atomic E-state index is 3.57. The van der Waals surface area contributed by atoms with Crippen molar-refractivity contribution in [3.8, 4) is 0 Å². The summed E-state index contributed by atoms with van der Waals surface area (Å²) in [5.41, 5.74) is 1.31. The normalized spacial score (nSPS) is 23.2. The maximum Gasteiger partial charge on any atom is 0.0808 e. The van der Waals surface area contributed by atoms with Crippen molar-refractivity contribution in [2.45, 2.75) is 4.95 Å². The molecule has 1 N–H and O–H groups in total. The van der Waals surface area contributed by atoms with Crippen LogP contribution in [0.2, 0.25) is 0 Å². The zero-order valence-electron chi connectivity index (χ0n) is 7.41. The van der Waals surface area contributed by atoms with Crippen molar-refractivity contribution in [2.75, 3.05) is 24.5 Å². The van der Waals surface area contributed by atoms with Gasteiger partial charge in [-0.15, -0.1) is 0 Å². The molecular formula is C10H13BrN2. The SMILES string of the molecule is BrC1CN(c2ccccc2)CCN1. The number of anilines is 1. The summed E-state index contributed by atoms with van der Waals surface area (Å²) in [6, 6.07) is 10.5. The Kier molecular flexibility index (Phi) is 2.86. The lowest BCUT2D eigenvalue weighted by Crippen LogP contribution is -2.47. The first-order valence-electron chi connectivity index (χ1n) is 4.54. The van der Waals surface area contributed by atoms with Gasteiger partial charge in [0.25, 0.3) is 0 Å². The number of para-hydroxylation sites is 1. The fourth-order valence-corrected chi connectivity index (χ4v) is 2.16. The van der Waals surface area contributed by atoms with Crippen molar-refractivity contribution in [1.82, 2.24) is 5.32 Å². The van der Waals surface area contributed by atoms with Crippen LogP contribution in [0.15, 0.2) is 30.3 Å². The molecule has 13 heavy (non-hydrogen) atoms. The highest BCUT2D eigenvalue weighted by atomic mass is 79.9. The molecule has 1 atom stereocenters. The minimum atomic E-state index is 0.418. The summed E-state index contributed by atoms with van der Waals surface area (Å²) in [4.78, 5) is 2.80. The van der Waals surface area contributed by atoms with Gasteiger partial charge in [0.2, 0.25) is 0 Å². The predicted molar refractivity (Wildman–Crippen MR) is 59.4 cm³/mol. The largest absolute Gasteiger partial charge is 0.368 e. The van der Waals surface area contributed by atoms with Gasteiger partial charge in [-0.2, -0.15) is 0 Å². The van der Waals surface area contributed by atoms with Gasteiger partial charge in [-0.1, -0.05) is 34.1 Å². The highest BCUT2D eigenvalue weighted by Crippen LogP contribution is 2.16. The molecule has 0 aromatic heterocycles. The molecule has 2 nitrogen and oxygen atoms in total. The zero-order chi connectivity index (χ0) is 9.10. The number of alkyl halides is 1. The molecule has 1 fully saturated rings. The molecule has 0 spiro atoms. The number of hydrogen-bond acceptors (Lipinski definition) is 2. The van der Waals surface area contributed by atoms with Crippen LogP contribution < -0.4 is 10.2 Å². The molecule has 1 aliphatic heterocycles. The molecule has 1 aromatic carbocycles. The summed E-state index contributed by atoms with van der Waals surface area (Å²) in [7, 11) is 0. The third-order valence-corrected chi connectivity index (χ3v) is 2.86. The highest BCUT2D eigenvalue weighted by Gasteiger charge is 2.16. The number of benzene rings is 1. The lowest BCUT2D eigenvalue weighted by atomic mass is 10.2. The molecule has 1 saturated heterocycles. The maximum absolute atomic E-state index is 3.57. The van der Waals surface area contributed by atoms with Crippen molar-refractivity contribution in [1.29, 1.82) is 0 Å². The number of nitrogens with one attached hydrogen (secondary N) is 1. The van der Waals surface area contributed by atoms with Gasteiger partial charge in [-0.25, -0.2) is 0 Å². The fraction of sp³-hybridized carbons (Fsp3) is 0.400. The monoisotopic (exact) mass is 240 g/mol. The van der Waals surface area contributed by atoms with Crippen LogP contribution in [0.3, 0.4) is 0 Å². The molecule has 70 valence electrons. The Hall–Kier alpha value is -0.540. The minimum absolute atomic E-state index is 0.418. The standard InChI is InChI=1S/C10H13BrN2/c11-10-8-13(7-6-12-10)9-4-2-1-3-5-9/h1-5,10,12H,6-8H2. The third-order valence-electron chi connectivity index (χ3n) is 2.25. The Morgan fingerprint density at radius 1 is 1.31 bits per heavy atom. The molecule has 0 radical (unpaired) electrons. The molecule has 1 heterocycles. The third kappa shape index (κ3) is 2.23. The predicted octanol–water partition coefficient (Wildman–Crippen LogP) is 1.82. The van der Waals surface area contributed by atoms with Crippen LogP contribution in [0, 0.1) is 0 Å². The lowest BCUT2D eigenvalue weighted by Gasteiger charge is -2.32. The van der Waals surface area contributed by atoms with Crippen molar-refractivity contribution >= 4 is 21.6 Å². The van der Waals surface area contributed by atoms with Crippen LogP contribution >= 0.6 is 15.9 Å². The van der Waals surface area contributed by atoms with Gasteiger partial charge in [-0.3, -0.25) is 0 Å². The second-order valence-corrected chi connectivity index (χ2v) is 4.31. The van der Waals surface area contributed by atoms with Crippen molar-refractivity contribution in [3.63, 3.8) is 0 Å². The van der Waals surface area contributed by atoms with E-state index in [2.05, 4.69) is 56.5 Å². The molecule has 2 rings (SSSR count). The Labute approximate surface area is 87.1 Å². The van der Waals surface area contributed by atoms with E-state index in [-0.39, 0.29) is 0 Å². The quantitative estimate of drug-likeness (QED) is 0.596. The minimum Gasteiger partial charge on any atom is -0.368 e. The first-order valence-corrected chi connectivity index (χ1v) is 5.45. The van der Waals surface area contributed by atoms with Crippen LogP contribution in [-0.4, -0.2) is 24.6 Å². The van der Waals surface area contributed by atoms with Crippen molar-refractivity contribution < 1.29 is 0 Å². The molecule has 0 amide bonds. The smallest absolute Gasteiger partial charge is 0.0808 e. The Balaban J connectivity index is 2.08. The van der Waals surface area contributed by atoms with Crippen LogP contribution in [0.4, 0.5) is 5.69 Å². The summed E-state index contributed by atoms with van der Waals surface area (Å²) in [5.74, 6) is 0. The highest BCUT2D eigenvalue weighted by molar-refractivity contribution is 9.09. The van der Waals surface area contributed by atoms with Gasteiger partial charge in [0.05, 0.1) is 4.95 Å². The topological polar surface area (TPSA) is 15.3 Å². The summed E-state index contributed by atoms with van der Waals surface area (Å²) in [6.07, 6.45) is 0. The van der Waals surface area contributed by atoms with Gasteiger partial charge in [0.15, 0.2) is 0 Å². The molecule has 0 saturated carbocycles. The van der Waals surface area contributed by atoms with Gasteiger partial charge in [0, 0.05) is 25.3 Å². The van der Waals surface area contributed by atoms with E-state index in [0.29, 0.717) is 4.95 Å². The second-order valence-electron chi connectivity index (χ2n) is 3.20. The summed E-state index contributed by atoms with van der Waals surface area (Å²) in [6.45, 7) is 3.17. The fourth-order valence-electron chi connectivity index (χ4n) is 1.58. The molecule has 0 bridgehead atoms. The van der Waals surface area contributed by atoms with Gasteiger partial charge < -0.3 is 10.2 Å². The van der Waals surface area contributed by atoms with Crippen LogP contribution in [0.5, 0.6) is 0 Å². The number of piperazine rings is 1. The number of nitrogens with zero attached hydrogens (tertiary/aromatic N) is 1. The molecule has 3 heteroatoms. The Morgan fingerprint density at radius 3 is 2.77 bits per heavy atom. The Bertz CT molecular complexity index is 263. The van der Waals surface area contributed by atoms with Gasteiger partial charge in [-0.05, 0) is 12.1 Å². The van der Waals surface area contributed by atoms with Gasteiger partial charge in [0.1, 0.15) is 0 Å². The van der Waals surface area contributed by atoms with E-state index in [1.54, 1.807) is 0 Å². The van der Waals surface area contributed by atoms with Crippen LogP contribution in [-0.2, 0) is 0 Å². The summed E-state index contributed by atoms with van der Waals surface area (Å²) < 4.78 is 0. The lowest BCUT2D eigenvalue weighted by molar-refractivity contribution is 0.565. The molecule has 1 aromatic rings. The second kappa shape index (κ2) is 4.11. The van der Waals surface area contributed by atoms with Crippen molar-refractivity contribution in [2.24, 2.45) is 0 Å². The first kappa shape index (κ1) is 9.03. The molecule has 1 unspecified atom stereocenters. The average molecular weight is 241 g/mol. The van der Waals surface area contributed by atoms with E-state index in [0.717, 1.165) is 19.6 Å². The summed E-state index contributed by atoms with van der Waals surface area (Å²) in [5, 5.41) is 3.36. The van der Waals surface area contributed by atoms with E-state index < -0.39 is 0 Å². The van der Waals surface area contributed by atoms with Crippen LogP contribution in [0.25, 0.3) is 0 Å². The molecular weight excluding hydrogens is 228 g/mol. The van der Waals surface area contributed by atoms with E-state index in [1.165, 1.54) is 5.69 Å². The number of halogens is 1. The Morgan fingerprint density at radius 2 is 2.08 bits per heavy atom.